The third-order valence-electron chi connectivity index (χ3n) is 4.45. The summed E-state index contributed by atoms with van der Waals surface area (Å²) in [5.41, 5.74) is 0.513. The Labute approximate surface area is 166 Å². The fourth-order valence-corrected chi connectivity index (χ4v) is 3.26. The monoisotopic (exact) mass is 403 g/mol. The van der Waals surface area contributed by atoms with Gasteiger partial charge in [-0.25, -0.2) is 0 Å². The topological polar surface area (TPSA) is 102 Å². The Morgan fingerprint density at radius 1 is 1.25 bits per heavy atom. The van der Waals surface area contributed by atoms with E-state index in [2.05, 4.69) is 5.32 Å². The number of hydrogen-bond donors (Lipinski definition) is 1. The maximum absolute atomic E-state index is 12.6. The van der Waals surface area contributed by atoms with Crippen molar-refractivity contribution in [3.63, 3.8) is 0 Å². The summed E-state index contributed by atoms with van der Waals surface area (Å²) in [6, 6.07) is 8.66. The lowest BCUT2D eigenvalue weighted by Crippen LogP contribution is -2.35. The molecule has 1 fully saturated rings. The summed E-state index contributed by atoms with van der Waals surface area (Å²) in [4.78, 5) is 36.9. The summed E-state index contributed by atoms with van der Waals surface area (Å²) in [5, 5.41) is 14.0. The summed E-state index contributed by atoms with van der Waals surface area (Å²) >= 11 is 5.88. The second-order valence-electron chi connectivity index (χ2n) is 6.26. The van der Waals surface area contributed by atoms with Gasteiger partial charge in [-0.15, -0.1) is 0 Å². The van der Waals surface area contributed by atoms with Crippen LogP contribution in [0.15, 0.2) is 36.4 Å². The maximum Gasteiger partial charge on any atom is 0.282 e. The first kappa shape index (κ1) is 19.6. The number of nitro groups is 1. The highest BCUT2D eigenvalue weighted by Crippen LogP contribution is 2.34. The Hall–Kier alpha value is -3.13. The average Bonchev–Trinajstić information content (AvgIpc) is 2.68. The molecule has 8 nitrogen and oxygen atoms in total. The first-order valence-electron chi connectivity index (χ1n) is 8.64. The van der Waals surface area contributed by atoms with Crippen molar-refractivity contribution in [3.8, 4) is 5.75 Å². The third kappa shape index (κ3) is 4.07. The van der Waals surface area contributed by atoms with Gasteiger partial charge in [-0.1, -0.05) is 11.6 Å². The van der Waals surface area contributed by atoms with Gasteiger partial charge in [-0.3, -0.25) is 19.7 Å². The number of nitrogens with one attached hydrogen (secondary N) is 1. The van der Waals surface area contributed by atoms with Crippen molar-refractivity contribution in [3.05, 3.63) is 57.1 Å². The molecule has 1 aliphatic rings. The van der Waals surface area contributed by atoms with Crippen molar-refractivity contribution in [2.45, 2.75) is 19.3 Å². The molecule has 2 aromatic carbocycles. The van der Waals surface area contributed by atoms with Crippen molar-refractivity contribution in [2.75, 3.05) is 23.9 Å². The Morgan fingerprint density at radius 2 is 2.04 bits per heavy atom. The van der Waals surface area contributed by atoms with Gasteiger partial charge >= 0.3 is 0 Å². The summed E-state index contributed by atoms with van der Waals surface area (Å²) < 4.78 is 5.38. The molecule has 146 valence electrons. The predicted molar refractivity (Wildman–Crippen MR) is 105 cm³/mol. The number of ether oxygens (including phenoxy) is 1. The van der Waals surface area contributed by atoms with Gasteiger partial charge in [-0.05, 0) is 37.1 Å². The maximum atomic E-state index is 12.6. The second-order valence-corrected chi connectivity index (χ2v) is 6.70. The number of piperidine rings is 1. The molecule has 9 heteroatoms. The number of methoxy groups -OCH3 is 1. The van der Waals surface area contributed by atoms with Crippen LogP contribution in [0.1, 0.15) is 29.6 Å². The van der Waals surface area contributed by atoms with Gasteiger partial charge in [0.25, 0.3) is 11.6 Å². The number of benzene rings is 2. The third-order valence-corrected chi connectivity index (χ3v) is 4.69. The molecule has 0 aliphatic carbocycles. The molecule has 0 saturated carbocycles. The van der Waals surface area contributed by atoms with Gasteiger partial charge in [0.05, 0.1) is 17.7 Å². The number of carbonyl (C=O) groups is 2. The van der Waals surface area contributed by atoms with Crippen LogP contribution in [0.5, 0.6) is 5.75 Å². The number of amides is 2. The molecule has 0 aromatic heterocycles. The molecule has 1 heterocycles. The number of nitrogens with zero attached hydrogens (tertiary/aromatic N) is 2. The van der Waals surface area contributed by atoms with Crippen LogP contribution in [0.25, 0.3) is 0 Å². The lowest BCUT2D eigenvalue weighted by Gasteiger charge is -2.28. The highest BCUT2D eigenvalue weighted by Gasteiger charge is 2.24. The minimum Gasteiger partial charge on any atom is -0.494 e. The Morgan fingerprint density at radius 3 is 2.71 bits per heavy atom. The molecule has 0 atom stereocenters. The normalized spacial score (nSPS) is 13.9. The molecule has 28 heavy (non-hydrogen) atoms. The zero-order chi connectivity index (χ0) is 20.3. The first-order chi connectivity index (χ1) is 13.4. The van der Waals surface area contributed by atoms with E-state index in [4.69, 9.17) is 16.3 Å². The van der Waals surface area contributed by atoms with E-state index in [1.54, 1.807) is 23.1 Å². The number of hydrogen-bond acceptors (Lipinski definition) is 5. The Bertz CT molecular complexity index is 947. The van der Waals surface area contributed by atoms with E-state index in [1.807, 2.05) is 0 Å². The Kier molecular flexibility index (Phi) is 5.79. The summed E-state index contributed by atoms with van der Waals surface area (Å²) in [6.45, 7) is 0.607. The molecule has 1 N–H and O–H groups in total. The van der Waals surface area contributed by atoms with E-state index in [1.165, 1.54) is 25.3 Å². The minimum atomic E-state index is -0.668. The van der Waals surface area contributed by atoms with E-state index >= 15 is 0 Å². The van der Waals surface area contributed by atoms with Gasteiger partial charge in [-0.2, -0.15) is 0 Å². The molecule has 2 aromatic rings. The fourth-order valence-electron chi connectivity index (χ4n) is 3.09. The highest BCUT2D eigenvalue weighted by molar-refractivity contribution is 6.31. The number of anilines is 2. The molecule has 2 amide bonds. The zero-order valence-corrected chi connectivity index (χ0v) is 15.9. The second kappa shape index (κ2) is 8.26. The van der Waals surface area contributed by atoms with Crippen LogP contribution >= 0.6 is 11.6 Å². The van der Waals surface area contributed by atoms with Crippen molar-refractivity contribution in [1.82, 2.24) is 0 Å². The smallest absolute Gasteiger partial charge is 0.282 e. The lowest BCUT2D eigenvalue weighted by atomic mass is 10.1. The molecule has 0 unspecified atom stereocenters. The molecular weight excluding hydrogens is 386 g/mol. The van der Waals surface area contributed by atoms with Crippen molar-refractivity contribution in [2.24, 2.45) is 0 Å². The van der Waals surface area contributed by atoms with Gasteiger partial charge in [0, 0.05) is 35.8 Å². The highest BCUT2D eigenvalue weighted by atomic mass is 35.5. The Balaban J connectivity index is 1.87. The molecule has 0 radical (unpaired) electrons. The minimum absolute atomic E-state index is 0.0240. The predicted octanol–water partition coefficient (Wildman–Crippen LogP) is 4.03. The van der Waals surface area contributed by atoms with Crippen LogP contribution in [-0.2, 0) is 4.79 Å². The quantitative estimate of drug-likeness (QED) is 0.600. The van der Waals surface area contributed by atoms with Crippen molar-refractivity contribution in [1.29, 1.82) is 0 Å². The average molecular weight is 404 g/mol. The van der Waals surface area contributed by atoms with Crippen LogP contribution < -0.4 is 15.0 Å². The fraction of sp³-hybridized carbons (Fsp3) is 0.263. The molecule has 0 bridgehead atoms. The standard InChI is InChI=1S/C19H18ClN3O5/c1-28-17-11-13(6-8-16(17)22-9-3-2-4-18(22)24)21-19(25)14-10-12(20)5-7-15(14)23(26)27/h5-8,10-11H,2-4,9H2,1H3,(H,21,25). The summed E-state index contributed by atoms with van der Waals surface area (Å²) in [5.74, 6) is -0.220. The van der Waals surface area contributed by atoms with E-state index in [-0.39, 0.29) is 22.2 Å². The van der Waals surface area contributed by atoms with Gasteiger partial charge < -0.3 is 15.0 Å². The molecule has 1 aliphatic heterocycles. The van der Waals surface area contributed by atoms with Crippen LogP contribution in [0, 0.1) is 10.1 Å². The molecule has 3 rings (SSSR count). The first-order valence-corrected chi connectivity index (χ1v) is 9.02. The molecular formula is C19H18ClN3O5. The summed E-state index contributed by atoms with van der Waals surface area (Å²) in [6.07, 6.45) is 2.26. The van der Waals surface area contributed by atoms with Gasteiger partial charge in [0.1, 0.15) is 11.3 Å². The van der Waals surface area contributed by atoms with Crippen molar-refractivity contribution < 1.29 is 19.2 Å². The lowest BCUT2D eigenvalue weighted by molar-refractivity contribution is -0.385. The SMILES string of the molecule is COc1cc(NC(=O)c2cc(Cl)ccc2[N+](=O)[O-])ccc1N1CCCCC1=O. The van der Waals surface area contributed by atoms with E-state index in [0.717, 1.165) is 12.8 Å². The molecule has 0 spiro atoms. The van der Waals surface area contributed by atoms with Crippen LogP contribution in [0.4, 0.5) is 17.1 Å². The van der Waals surface area contributed by atoms with Gasteiger partial charge in [0.2, 0.25) is 5.91 Å². The number of carbonyl (C=O) groups excluding carboxylic acids is 2. The number of nitro benzene ring substituents is 1. The van der Waals surface area contributed by atoms with Crippen molar-refractivity contribution >= 4 is 40.5 Å². The largest absolute Gasteiger partial charge is 0.494 e. The van der Waals surface area contributed by atoms with E-state index < -0.39 is 10.8 Å². The van der Waals surface area contributed by atoms with Crippen LogP contribution in [0.3, 0.4) is 0 Å². The molecule has 1 saturated heterocycles. The zero-order valence-electron chi connectivity index (χ0n) is 15.1. The number of halogens is 1. The van der Waals surface area contributed by atoms with Crippen LogP contribution in [0.2, 0.25) is 5.02 Å². The summed E-state index contributed by atoms with van der Waals surface area (Å²) in [7, 11) is 1.47. The van der Waals surface area contributed by atoms with E-state index in [9.17, 15) is 19.7 Å². The number of rotatable bonds is 5. The van der Waals surface area contributed by atoms with E-state index in [0.29, 0.717) is 30.1 Å². The van der Waals surface area contributed by atoms with Gasteiger partial charge in [0.15, 0.2) is 0 Å². The van der Waals surface area contributed by atoms with Crippen LogP contribution in [-0.4, -0.2) is 30.4 Å².